The molecule has 5 aromatic rings. The lowest BCUT2D eigenvalue weighted by molar-refractivity contribution is -0.122. The van der Waals surface area contributed by atoms with Gasteiger partial charge in [-0.15, -0.1) is 0 Å². The Labute approximate surface area is 347 Å². The van der Waals surface area contributed by atoms with Crippen molar-refractivity contribution >= 4 is 115 Å². The van der Waals surface area contributed by atoms with E-state index < -0.39 is 0 Å². The number of rotatable bonds is 12. The van der Waals surface area contributed by atoms with Gasteiger partial charge in [-0.05, 0) is 122 Å². The largest absolute Gasteiger partial charge is 0.332 e. The van der Waals surface area contributed by atoms with E-state index in [1.807, 2.05) is 155 Å². The fourth-order valence-corrected chi connectivity index (χ4v) is 6.07. The highest BCUT2D eigenvalue weighted by Crippen LogP contribution is 2.24. The number of hydrogen-bond donors (Lipinski definition) is 8. The van der Waals surface area contributed by atoms with Gasteiger partial charge in [0.2, 0.25) is 11.8 Å². The minimum Gasteiger partial charge on any atom is -0.332 e. The average molecular weight is 821 g/mol. The lowest BCUT2D eigenvalue weighted by atomic mass is 10.2. The molecule has 0 saturated heterocycles. The summed E-state index contributed by atoms with van der Waals surface area (Å²) in [4.78, 5) is 29.6. The summed E-state index contributed by atoms with van der Waals surface area (Å²) in [5.74, 6) is -0.585. The van der Waals surface area contributed by atoms with Crippen LogP contribution in [0.3, 0.4) is 0 Å². The number of thiocarbonyl (C=S) groups is 4. The first-order valence-electron chi connectivity index (χ1n) is 17.4. The van der Waals surface area contributed by atoms with Crippen molar-refractivity contribution in [3.05, 3.63) is 146 Å². The monoisotopic (exact) mass is 820 g/mol. The van der Waals surface area contributed by atoms with Gasteiger partial charge in [-0.25, -0.2) is 0 Å². The topological polar surface area (TPSA) is 137 Å². The van der Waals surface area contributed by atoms with Crippen molar-refractivity contribution in [2.24, 2.45) is 0 Å². The van der Waals surface area contributed by atoms with Gasteiger partial charge in [0.15, 0.2) is 20.4 Å². The van der Waals surface area contributed by atoms with Crippen molar-refractivity contribution in [1.82, 2.24) is 21.7 Å². The van der Waals surface area contributed by atoms with Crippen molar-refractivity contribution in [1.29, 1.82) is 0 Å². The molecule has 8 N–H and O–H groups in total. The van der Waals surface area contributed by atoms with Gasteiger partial charge < -0.3 is 31.1 Å². The molecule has 12 nitrogen and oxygen atoms in total. The molecule has 0 radical (unpaired) electrons. The van der Waals surface area contributed by atoms with E-state index in [0.717, 1.165) is 34.1 Å². The third-order valence-corrected chi connectivity index (χ3v) is 8.89. The summed E-state index contributed by atoms with van der Waals surface area (Å²) in [5, 5.41) is 13.9. The zero-order chi connectivity index (χ0) is 39.5. The van der Waals surface area contributed by atoms with Gasteiger partial charge in [0.05, 0.1) is 0 Å². The molecule has 0 atom stereocenters. The molecule has 0 fully saturated rings. The van der Waals surface area contributed by atoms with Crippen LogP contribution in [-0.4, -0.2) is 45.4 Å². The van der Waals surface area contributed by atoms with Crippen molar-refractivity contribution in [2.45, 2.75) is 12.8 Å². The Morgan fingerprint density at radius 1 is 0.393 bits per heavy atom. The second-order valence-corrected chi connectivity index (χ2v) is 13.5. The number of anilines is 6. The van der Waals surface area contributed by atoms with Crippen LogP contribution in [0.5, 0.6) is 0 Å². The van der Waals surface area contributed by atoms with Crippen LogP contribution in [0.2, 0.25) is 0 Å². The van der Waals surface area contributed by atoms with Crippen molar-refractivity contribution in [3.63, 3.8) is 0 Å². The summed E-state index contributed by atoms with van der Waals surface area (Å²) < 4.78 is 0. The second-order valence-electron chi connectivity index (χ2n) is 11.9. The Hall–Kier alpha value is -6.20. The molecule has 0 unspecified atom stereocenters. The minimum atomic E-state index is -0.292. The summed E-state index contributed by atoms with van der Waals surface area (Å²) in [6.45, 7) is 0.493. The Kier molecular flexibility index (Phi) is 15.8. The number of hydrogen-bond acceptors (Lipinski definition) is 6. The number of benzene rings is 5. The molecule has 0 aliphatic carbocycles. The summed E-state index contributed by atoms with van der Waals surface area (Å²) in [6.07, 6.45) is 0.175. The lowest BCUT2D eigenvalue weighted by Crippen LogP contribution is -2.45. The zero-order valence-corrected chi connectivity index (χ0v) is 33.3. The van der Waals surface area contributed by atoms with Crippen LogP contribution in [0, 0.1) is 0 Å². The van der Waals surface area contributed by atoms with Crippen LogP contribution in [0.4, 0.5) is 34.1 Å². The van der Waals surface area contributed by atoms with Gasteiger partial charge in [-0.2, -0.15) is 0 Å². The first-order valence-corrected chi connectivity index (χ1v) is 19.1. The Bertz CT molecular complexity index is 1930. The summed E-state index contributed by atoms with van der Waals surface area (Å²) >= 11 is 22.3. The van der Waals surface area contributed by atoms with Crippen LogP contribution >= 0.6 is 48.9 Å². The lowest BCUT2D eigenvalue weighted by Gasteiger charge is -2.28. The third-order valence-electron chi connectivity index (χ3n) is 7.83. The SMILES string of the molecule is O=C(CCN(C(=S)Nc1ccccc1)c1ccc(N(CCC(=O)NNC(=S)Nc2ccccc2)C(=S)Nc2ccccc2)cc1)NNC(=S)Nc1ccccc1. The highest BCUT2D eigenvalue weighted by atomic mass is 32.1. The zero-order valence-electron chi connectivity index (χ0n) is 30.0. The first-order chi connectivity index (χ1) is 27.2. The van der Waals surface area contributed by atoms with Gasteiger partial charge in [-0.1, -0.05) is 72.8 Å². The van der Waals surface area contributed by atoms with E-state index in [9.17, 15) is 9.59 Å². The fourth-order valence-electron chi connectivity index (χ4n) is 5.11. The fraction of sp³-hybridized carbons (Fsp3) is 0.100. The van der Waals surface area contributed by atoms with Crippen molar-refractivity contribution in [3.8, 4) is 0 Å². The number of nitrogens with zero attached hydrogens (tertiary/aromatic N) is 2. The normalized spacial score (nSPS) is 10.1. The predicted octanol–water partition coefficient (Wildman–Crippen LogP) is 6.91. The minimum absolute atomic E-state index is 0.0873. The molecular weight excluding hydrogens is 781 g/mol. The van der Waals surface area contributed by atoms with Crippen LogP contribution in [0.25, 0.3) is 0 Å². The second kappa shape index (κ2) is 21.6. The van der Waals surface area contributed by atoms with Crippen LogP contribution in [-0.2, 0) is 9.59 Å². The number of carbonyl (C=O) groups excluding carboxylic acids is 2. The van der Waals surface area contributed by atoms with E-state index >= 15 is 0 Å². The predicted molar refractivity (Wildman–Crippen MR) is 244 cm³/mol. The van der Waals surface area contributed by atoms with Crippen molar-refractivity contribution in [2.75, 3.05) is 44.2 Å². The molecular formula is C40H40N10O2S4. The van der Waals surface area contributed by atoms with Gasteiger partial charge >= 0.3 is 0 Å². The number of para-hydroxylation sites is 4. The Balaban J connectivity index is 1.26. The summed E-state index contributed by atoms with van der Waals surface area (Å²) in [5.41, 5.74) is 15.4. The van der Waals surface area contributed by atoms with E-state index in [0.29, 0.717) is 10.2 Å². The van der Waals surface area contributed by atoms with Crippen LogP contribution < -0.4 is 52.8 Å². The van der Waals surface area contributed by atoms with Gasteiger partial charge in [0, 0.05) is 60.1 Å². The molecule has 0 aliphatic heterocycles. The van der Waals surface area contributed by atoms with Crippen LogP contribution in [0.15, 0.2) is 146 Å². The maximum atomic E-state index is 13.0. The molecule has 0 aliphatic rings. The highest BCUT2D eigenvalue weighted by Gasteiger charge is 2.18. The maximum absolute atomic E-state index is 13.0. The Morgan fingerprint density at radius 3 is 0.982 bits per heavy atom. The molecule has 0 heterocycles. The molecule has 286 valence electrons. The molecule has 0 bridgehead atoms. The van der Waals surface area contributed by atoms with E-state index in [2.05, 4.69) is 43.0 Å². The molecule has 56 heavy (non-hydrogen) atoms. The smallest absolute Gasteiger partial charge is 0.240 e. The first kappa shape index (κ1) is 41.0. The van der Waals surface area contributed by atoms with Crippen molar-refractivity contribution < 1.29 is 9.59 Å². The maximum Gasteiger partial charge on any atom is 0.240 e. The summed E-state index contributed by atoms with van der Waals surface area (Å²) in [7, 11) is 0. The molecule has 0 spiro atoms. The van der Waals surface area contributed by atoms with E-state index in [1.54, 1.807) is 0 Å². The van der Waals surface area contributed by atoms with E-state index in [4.69, 9.17) is 48.9 Å². The molecule has 16 heteroatoms. The molecule has 0 saturated carbocycles. The third kappa shape index (κ3) is 13.6. The van der Waals surface area contributed by atoms with Gasteiger partial charge in [0.1, 0.15) is 0 Å². The number of amides is 2. The molecule has 5 rings (SSSR count). The Morgan fingerprint density at radius 2 is 0.679 bits per heavy atom. The number of carbonyl (C=O) groups is 2. The average Bonchev–Trinajstić information content (AvgIpc) is 3.21. The van der Waals surface area contributed by atoms with Gasteiger partial charge in [-0.3, -0.25) is 31.3 Å². The van der Waals surface area contributed by atoms with E-state index in [1.165, 1.54) is 0 Å². The number of hydrazine groups is 2. The van der Waals surface area contributed by atoms with Crippen LogP contribution in [0.1, 0.15) is 12.8 Å². The van der Waals surface area contributed by atoms with E-state index in [-0.39, 0.29) is 48.0 Å². The highest BCUT2D eigenvalue weighted by molar-refractivity contribution is 7.81. The summed E-state index contributed by atoms with van der Waals surface area (Å²) in [6, 6.07) is 45.4. The quantitative estimate of drug-likeness (QED) is 0.0489. The molecule has 0 aromatic heterocycles. The molecule has 5 aromatic carbocycles. The van der Waals surface area contributed by atoms with Gasteiger partial charge in [0.25, 0.3) is 0 Å². The standard InChI is InChI=1S/C40H40N10O2S4/c51-35(45-47-37(53)41-29-13-5-1-6-14-29)25-27-49(39(55)43-31-17-9-3-10-18-31)33-21-23-34(24-22-33)50(40(56)44-32-19-11-4-12-20-32)28-26-36(52)46-48-38(54)42-30-15-7-2-8-16-30/h1-24H,25-28H2,(H,43,55)(H,44,56)(H,45,51)(H,46,52)(H2,41,47,53)(H2,42,48,54). The number of nitrogens with one attached hydrogen (secondary N) is 8. The molecule has 2 amide bonds.